The standard InChI is InChI=1S/C18H25NS/c1-14-13-18(16(3)20-14)15(2)19-12-8-7-11-17-9-5-4-6-10-17/h4-6,9-10,13,15,19H,7-8,11-12H2,1-3H3. The second kappa shape index (κ2) is 7.61. The first kappa shape index (κ1) is 15.3. The lowest BCUT2D eigenvalue weighted by atomic mass is 10.1. The van der Waals surface area contributed by atoms with E-state index in [0.717, 1.165) is 6.54 Å². The Labute approximate surface area is 127 Å². The Morgan fingerprint density at radius 2 is 1.85 bits per heavy atom. The van der Waals surface area contributed by atoms with Gasteiger partial charge in [-0.3, -0.25) is 0 Å². The summed E-state index contributed by atoms with van der Waals surface area (Å²) in [5.74, 6) is 0. The topological polar surface area (TPSA) is 12.0 Å². The number of thiophene rings is 1. The van der Waals surface area contributed by atoms with Crippen LogP contribution in [0.3, 0.4) is 0 Å². The Balaban J connectivity index is 1.67. The van der Waals surface area contributed by atoms with Crippen LogP contribution < -0.4 is 5.32 Å². The summed E-state index contributed by atoms with van der Waals surface area (Å²) in [5.41, 5.74) is 2.92. The summed E-state index contributed by atoms with van der Waals surface area (Å²) >= 11 is 1.90. The lowest BCUT2D eigenvalue weighted by Gasteiger charge is -2.13. The van der Waals surface area contributed by atoms with Gasteiger partial charge >= 0.3 is 0 Å². The molecule has 0 saturated carbocycles. The SMILES string of the molecule is Cc1cc(C(C)NCCCCc2ccccc2)c(C)s1. The third kappa shape index (κ3) is 4.46. The molecule has 0 saturated heterocycles. The van der Waals surface area contributed by atoms with Gasteiger partial charge in [0.15, 0.2) is 0 Å². The van der Waals surface area contributed by atoms with E-state index in [1.807, 2.05) is 11.3 Å². The van der Waals surface area contributed by atoms with Crippen LogP contribution in [0.5, 0.6) is 0 Å². The van der Waals surface area contributed by atoms with E-state index in [1.165, 1.54) is 40.1 Å². The molecule has 0 aliphatic carbocycles. The maximum Gasteiger partial charge on any atom is 0.0302 e. The van der Waals surface area contributed by atoms with E-state index in [2.05, 4.69) is 62.5 Å². The highest BCUT2D eigenvalue weighted by atomic mass is 32.1. The van der Waals surface area contributed by atoms with E-state index in [1.54, 1.807) is 0 Å². The smallest absolute Gasteiger partial charge is 0.0302 e. The summed E-state index contributed by atoms with van der Waals surface area (Å²) in [4.78, 5) is 2.86. The molecule has 0 amide bonds. The summed E-state index contributed by atoms with van der Waals surface area (Å²) in [6.07, 6.45) is 3.68. The van der Waals surface area contributed by atoms with Gasteiger partial charge in [-0.25, -0.2) is 0 Å². The highest BCUT2D eigenvalue weighted by Crippen LogP contribution is 2.26. The second-order valence-corrected chi connectivity index (χ2v) is 6.95. The summed E-state index contributed by atoms with van der Waals surface area (Å²) in [7, 11) is 0. The molecule has 20 heavy (non-hydrogen) atoms. The molecule has 1 atom stereocenters. The molecule has 2 heteroatoms. The molecule has 1 nitrogen and oxygen atoms in total. The number of benzene rings is 1. The minimum Gasteiger partial charge on any atom is -0.310 e. The molecule has 2 aromatic rings. The predicted molar refractivity (Wildman–Crippen MR) is 89.6 cm³/mol. The fourth-order valence-electron chi connectivity index (χ4n) is 2.61. The van der Waals surface area contributed by atoms with Crippen molar-refractivity contribution in [3.63, 3.8) is 0 Å². The maximum atomic E-state index is 3.65. The van der Waals surface area contributed by atoms with Crippen molar-refractivity contribution in [3.8, 4) is 0 Å². The van der Waals surface area contributed by atoms with E-state index >= 15 is 0 Å². The fraction of sp³-hybridized carbons (Fsp3) is 0.444. The van der Waals surface area contributed by atoms with E-state index in [-0.39, 0.29) is 0 Å². The largest absolute Gasteiger partial charge is 0.310 e. The van der Waals surface area contributed by atoms with Gasteiger partial charge in [-0.2, -0.15) is 0 Å². The van der Waals surface area contributed by atoms with Crippen LogP contribution in [0.15, 0.2) is 36.4 Å². The second-order valence-electron chi connectivity index (χ2n) is 5.49. The number of unbranched alkanes of at least 4 members (excludes halogenated alkanes) is 1. The van der Waals surface area contributed by atoms with Crippen LogP contribution in [0.2, 0.25) is 0 Å². The third-order valence-corrected chi connectivity index (χ3v) is 4.71. The van der Waals surface area contributed by atoms with Gasteiger partial charge in [-0.1, -0.05) is 30.3 Å². The monoisotopic (exact) mass is 287 g/mol. The van der Waals surface area contributed by atoms with E-state index < -0.39 is 0 Å². The Bertz CT molecular complexity index is 515. The van der Waals surface area contributed by atoms with Crippen molar-refractivity contribution in [2.24, 2.45) is 0 Å². The molecule has 1 aromatic carbocycles. The summed E-state index contributed by atoms with van der Waals surface area (Å²) < 4.78 is 0. The molecule has 0 spiro atoms. The number of hydrogen-bond acceptors (Lipinski definition) is 2. The number of nitrogens with one attached hydrogen (secondary N) is 1. The predicted octanol–water partition coefficient (Wildman–Crippen LogP) is 5.04. The van der Waals surface area contributed by atoms with E-state index in [9.17, 15) is 0 Å². The molecular formula is C18H25NS. The van der Waals surface area contributed by atoms with Crippen molar-refractivity contribution < 1.29 is 0 Å². The van der Waals surface area contributed by atoms with Gasteiger partial charge in [0.25, 0.3) is 0 Å². The Morgan fingerprint density at radius 1 is 1.10 bits per heavy atom. The molecule has 2 rings (SSSR count). The van der Waals surface area contributed by atoms with Crippen LogP contribution in [0, 0.1) is 13.8 Å². The highest BCUT2D eigenvalue weighted by Gasteiger charge is 2.09. The van der Waals surface area contributed by atoms with E-state index in [4.69, 9.17) is 0 Å². The summed E-state index contributed by atoms with van der Waals surface area (Å²) in [5, 5.41) is 3.65. The summed E-state index contributed by atoms with van der Waals surface area (Å²) in [6, 6.07) is 13.5. The molecule has 1 heterocycles. The maximum absolute atomic E-state index is 3.65. The minimum atomic E-state index is 0.469. The molecule has 108 valence electrons. The van der Waals surface area contributed by atoms with Crippen LogP contribution in [-0.4, -0.2) is 6.54 Å². The molecule has 1 aromatic heterocycles. The summed E-state index contributed by atoms with van der Waals surface area (Å²) in [6.45, 7) is 7.78. The first-order valence-electron chi connectivity index (χ1n) is 7.51. The van der Waals surface area contributed by atoms with Crippen molar-refractivity contribution in [3.05, 3.63) is 57.3 Å². The van der Waals surface area contributed by atoms with E-state index in [0.29, 0.717) is 6.04 Å². The molecule has 0 aliphatic rings. The van der Waals surface area contributed by atoms with Crippen LogP contribution in [0.4, 0.5) is 0 Å². The van der Waals surface area contributed by atoms with Crippen LogP contribution in [0.1, 0.15) is 46.7 Å². The van der Waals surface area contributed by atoms with Crippen LogP contribution in [0.25, 0.3) is 0 Å². The lowest BCUT2D eigenvalue weighted by molar-refractivity contribution is 0.546. The van der Waals surface area contributed by atoms with Crippen molar-refractivity contribution in [2.75, 3.05) is 6.54 Å². The minimum absolute atomic E-state index is 0.469. The lowest BCUT2D eigenvalue weighted by Crippen LogP contribution is -2.20. The average Bonchev–Trinajstić information content (AvgIpc) is 2.78. The van der Waals surface area contributed by atoms with Gasteiger partial charge in [0.1, 0.15) is 0 Å². The van der Waals surface area contributed by atoms with Crippen LogP contribution in [-0.2, 0) is 6.42 Å². The quantitative estimate of drug-likeness (QED) is 0.704. The first-order chi connectivity index (χ1) is 9.66. The fourth-order valence-corrected chi connectivity index (χ4v) is 3.63. The highest BCUT2D eigenvalue weighted by molar-refractivity contribution is 7.12. The van der Waals surface area contributed by atoms with Gasteiger partial charge in [-0.15, -0.1) is 11.3 Å². The molecule has 0 bridgehead atoms. The average molecular weight is 287 g/mol. The molecule has 0 aliphatic heterocycles. The molecule has 1 N–H and O–H groups in total. The van der Waals surface area contributed by atoms with Gasteiger partial charge in [0.2, 0.25) is 0 Å². The Kier molecular flexibility index (Phi) is 5.81. The number of hydrogen-bond donors (Lipinski definition) is 1. The zero-order valence-electron chi connectivity index (χ0n) is 12.8. The van der Waals surface area contributed by atoms with Crippen molar-refractivity contribution in [1.29, 1.82) is 0 Å². The normalized spacial score (nSPS) is 12.6. The van der Waals surface area contributed by atoms with Crippen molar-refractivity contribution in [1.82, 2.24) is 5.32 Å². The first-order valence-corrected chi connectivity index (χ1v) is 8.32. The molecule has 0 radical (unpaired) electrons. The third-order valence-electron chi connectivity index (χ3n) is 3.73. The Morgan fingerprint density at radius 3 is 2.50 bits per heavy atom. The number of aryl methyl sites for hydroxylation is 3. The number of rotatable bonds is 7. The Hall–Kier alpha value is -1.12. The molecule has 1 unspecified atom stereocenters. The molecular weight excluding hydrogens is 262 g/mol. The zero-order valence-corrected chi connectivity index (χ0v) is 13.6. The van der Waals surface area contributed by atoms with Crippen LogP contribution >= 0.6 is 11.3 Å². The van der Waals surface area contributed by atoms with Crippen molar-refractivity contribution in [2.45, 2.75) is 46.1 Å². The van der Waals surface area contributed by atoms with Gasteiger partial charge in [0, 0.05) is 15.8 Å². The van der Waals surface area contributed by atoms with Gasteiger partial charge < -0.3 is 5.32 Å². The van der Waals surface area contributed by atoms with Gasteiger partial charge in [-0.05, 0) is 63.8 Å². The van der Waals surface area contributed by atoms with Gasteiger partial charge in [0.05, 0.1) is 0 Å². The molecule has 0 fully saturated rings. The zero-order chi connectivity index (χ0) is 14.4. The van der Waals surface area contributed by atoms with Crippen molar-refractivity contribution >= 4 is 11.3 Å².